The molecule has 26 heavy (non-hydrogen) atoms. The first-order valence-corrected chi connectivity index (χ1v) is 10.9. The Hall–Kier alpha value is -1.19. The highest BCUT2D eigenvalue weighted by molar-refractivity contribution is 8.28. The molecule has 2 aromatic rings. The van der Waals surface area contributed by atoms with Crippen LogP contribution in [-0.4, -0.2) is 44.2 Å². The van der Waals surface area contributed by atoms with E-state index in [1.807, 2.05) is 17.8 Å². The summed E-state index contributed by atoms with van der Waals surface area (Å²) in [6, 6.07) is 7.06. The molecule has 4 atom stereocenters. The Balaban J connectivity index is 0.00000168. The number of rotatable bonds is 2. The minimum Gasteiger partial charge on any atom is -0.311 e. The Morgan fingerprint density at radius 3 is 2.81 bits per heavy atom. The lowest BCUT2D eigenvalue weighted by molar-refractivity contribution is 0.264. The van der Waals surface area contributed by atoms with E-state index in [9.17, 15) is 4.79 Å². The lowest BCUT2D eigenvalue weighted by Crippen LogP contribution is -2.46. The maximum absolute atomic E-state index is 12.4. The Labute approximate surface area is 165 Å². The van der Waals surface area contributed by atoms with E-state index in [-0.39, 0.29) is 18.0 Å². The van der Waals surface area contributed by atoms with Gasteiger partial charge < -0.3 is 5.32 Å². The van der Waals surface area contributed by atoms with Crippen molar-refractivity contribution in [2.45, 2.75) is 48.8 Å². The van der Waals surface area contributed by atoms with Gasteiger partial charge in [0.2, 0.25) is 0 Å². The first-order valence-electron chi connectivity index (χ1n) is 8.70. The molecule has 0 aromatic carbocycles. The minimum atomic E-state index is -0.856. The zero-order valence-corrected chi connectivity index (χ0v) is 16.9. The van der Waals surface area contributed by atoms with Gasteiger partial charge in [0.15, 0.2) is 10.2 Å². The smallest absolute Gasteiger partial charge is 0.256 e. The molecular weight excluding hydrogens is 390 g/mol. The van der Waals surface area contributed by atoms with Crippen LogP contribution in [0.5, 0.6) is 0 Å². The number of pyridine rings is 1. The SMILES string of the molecule is CN([C@@H]1C[C@H]2CC[C@@H](C1)N2)[SH]1C(n2ccccc2=O)=Nc2scnc21.Cl. The summed E-state index contributed by atoms with van der Waals surface area (Å²) in [6.45, 7) is 0. The number of fused-ring (bicyclic) bond motifs is 3. The van der Waals surface area contributed by atoms with Crippen LogP contribution in [0.1, 0.15) is 25.7 Å². The van der Waals surface area contributed by atoms with Crippen molar-refractivity contribution >= 4 is 45.0 Å². The minimum absolute atomic E-state index is 0. The Morgan fingerprint density at radius 2 is 2.08 bits per heavy atom. The van der Waals surface area contributed by atoms with Gasteiger partial charge in [-0.2, -0.15) is 0 Å². The van der Waals surface area contributed by atoms with Gasteiger partial charge in [0.25, 0.3) is 5.56 Å². The molecule has 0 radical (unpaired) electrons. The fraction of sp³-hybridized carbons (Fsp3) is 0.471. The Bertz CT molecular complexity index is 885. The molecule has 1 unspecified atom stereocenters. The normalized spacial score (nSPS) is 30.8. The average molecular weight is 412 g/mol. The highest BCUT2D eigenvalue weighted by Crippen LogP contribution is 2.54. The first-order chi connectivity index (χ1) is 12.2. The fourth-order valence-corrected chi connectivity index (χ4v) is 7.59. The molecule has 2 fully saturated rings. The second-order valence-electron chi connectivity index (χ2n) is 6.95. The number of aliphatic imine (C=N–C) groups is 1. The molecule has 140 valence electrons. The fourth-order valence-electron chi connectivity index (χ4n) is 4.22. The van der Waals surface area contributed by atoms with Crippen LogP contribution >= 0.6 is 34.8 Å². The molecule has 0 aliphatic carbocycles. The van der Waals surface area contributed by atoms with E-state index in [0.717, 1.165) is 15.2 Å². The van der Waals surface area contributed by atoms with Crippen LogP contribution in [0.25, 0.3) is 0 Å². The second kappa shape index (κ2) is 7.09. The third-order valence-electron chi connectivity index (χ3n) is 5.45. The topological polar surface area (TPSA) is 62.5 Å². The number of thiazole rings is 1. The van der Waals surface area contributed by atoms with Crippen LogP contribution < -0.4 is 10.9 Å². The second-order valence-corrected chi connectivity index (χ2v) is 9.86. The van der Waals surface area contributed by atoms with Crippen LogP contribution in [0.15, 0.2) is 44.7 Å². The summed E-state index contributed by atoms with van der Waals surface area (Å²) in [4.78, 5) is 21.8. The third-order valence-corrected chi connectivity index (χ3v) is 8.70. The van der Waals surface area contributed by atoms with Gasteiger partial charge in [-0.15, -0.1) is 23.7 Å². The van der Waals surface area contributed by atoms with E-state index in [4.69, 9.17) is 4.99 Å². The van der Waals surface area contributed by atoms with Crippen molar-refractivity contribution in [3.8, 4) is 0 Å². The van der Waals surface area contributed by atoms with E-state index >= 15 is 0 Å². The Morgan fingerprint density at radius 1 is 1.31 bits per heavy atom. The van der Waals surface area contributed by atoms with E-state index in [0.29, 0.717) is 18.1 Å². The molecule has 2 aromatic heterocycles. The lowest BCUT2D eigenvalue weighted by atomic mass is 10.0. The van der Waals surface area contributed by atoms with E-state index in [1.165, 1.54) is 25.7 Å². The first kappa shape index (κ1) is 18.2. The van der Waals surface area contributed by atoms with Gasteiger partial charge in [-0.1, -0.05) is 17.1 Å². The van der Waals surface area contributed by atoms with Crippen molar-refractivity contribution in [1.29, 1.82) is 0 Å². The number of hydrogen-bond acceptors (Lipinski definition) is 6. The molecule has 1 N–H and O–H groups in total. The molecule has 5 heterocycles. The van der Waals surface area contributed by atoms with Gasteiger partial charge in [0.05, 0.1) is 5.51 Å². The molecule has 0 spiro atoms. The molecule has 6 nitrogen and oxygen atoms in total. The number of nitrogens with zero attached hydrogens (tertiary/aromatic N) is 4. The van der Waals surface area contributed by atoms with Crippen LogP contribution in [0, 0.1) is 0 Å². The van der Waals surface area contributed by atoms with Gasteiger partial charge in [0.1, 0.15) is 5.03 Å². The lowest BCUT2D eigenvalue weighted by Gasteiger charge is -2.40. The van der Waals surface area contributed by atoms with Crippen molar-refractivity contribution in [3.63, 3.8) is 0 Å². The van der Waals surface area contributed by atoms with Crippen LogP contribution in [0.2, 0.25) is 0 Å². The number of halogens is 1. The van der Waals surface area contributed by atoms with Gasteiger partial charge in [-0.25, -0.2) is 9.98 Å². The quantitative estimate of drug-likeness (QED) is 0.746. The monoisotopic (exact) mass is 411 g/mol. The molecule has 0 saturated carbocycles. The standard InChI is InChI=1S/C17H21N5OS2.ClH/c1-21(13-8-11-5-6-12(9-13)19-11)25-16-15(24-10-18-16)20-17(25)22-7-3-2-4-14(22)23;/h2-4,7,10-13,19,25H,5-6,8-9H2,1H3;1H/t11-,12+,13-;. The summed E-state index contributed by atoms with van der Waals surface area (Å²) < 4.78 is 4.16. The molecule has 2 saturated heterocycles. The molecular formula is C17H22ClN5OS2. The predicted octanol–water partition coefficient (Wildman–Crippen LogP) is 2.77. The number of hydrogen-bond donors (Lipinski definition) is 2. The number of piperidine rings is 1. The summed E-state index contributed by atoms with van der Waals surface area (Å²) in [5.41, 5.74) is 1.84. The predicted molar refractivity (Wildman–Crippen MR) is 111 cm³/mol. The summed E-state index contributed by atoms with van der Waals surface area (Å²) in [5.74, 6) is 0. The molecule has 0 amide bonds. The molecule has 5 rings (SSSR count). The van der Waals surface area contributed by atoms with Crippen molar-refractivity contribution in [1.82, 2.24) is 19.2 Å². The van der Waals surface area contributed by atoms with Crippen molar-refractivity contribution in [3.05, 3.63) is 40.3 Å². The summed E-state index contributed by atoms with van der Waals surface area (Å²) in [5, 5.41) is 6.58. The van der Waals surface area contributed by atoms with Gasteiger partial charge in [-0.05, 0) is 38.8 Å². The van der Waals surface area contributed by atoms with E-state index < -0.39 is 11.1 Å². The Kier molecular flexibility index (Phi) is 4.96. The summed E-state index contributed by atoms with van der Waals surface area (Å²) in [7, 11) is 2.19. The van der Waals surface area contributed by atoms with Gasteiger partial charge >= 0.3 is 0 Å². The van der Waals surface area contributed by atoms with E-state index in [2.05, 4.69) is 21.7 Å². The zero-order chi connectivity index (χ0) is 17.0. The van der Waals surface area contributed by atoms with Crippen LogP contribution in [0.4, 0.5) is 5.00 Å². The van der Waals surface area contributed by atoms with Gasteiger partial charge in [-0.3, -0.25) is 13.7 Å². The largest absolute Gasteiger partial charge is 0.311 e. The number of nitrogens with one attached hydrogen (secondary N) is 1. The number of aromatic nitrogens is 2. The number of thiol groups is 1. The molecule has 9 heteroatoms. The maximum atomic E-state index is 12.4. The van der Waals surface area contributed by atoms with E-state index in [1.54, 1.807) is 28.0 Å². The van der Waals surface area contributed by atoms with Gasteiger partial charge in [0, 0.05) is 30.4 Å². The van der Waals surface area contributed by atoms with Crippen molar-refractivity contribution < 1.29 is 0 Å². The zero-order valence-electron chi connectivity index (χ0n) is 14.4. The van der Waals surface area contributed by atoms with Crippen molar-refractivity contribution in [2.24, 2.45) is 4.99 Å². The molecule has 3 aliphatic rings. The summed E-state index contributed by atoms with van der Waals surface area (Å²) in [6.07, 6.45) is 6.74. The average Bonchev–Trinajstić information content (AvgIpc) is 3.29. The maximum Gasteiger partial charge on any atom is 0.256 e. The molecule has 3 aliphatic heterocycles. The van der Waals surface area contributed by atoms with Crippen molar-refractivity contribution in [2.75, 3.05) is 7.05 Å². The highest BCUT2D eigenvalue weighted by atomic mass is 35.5. The highest BCUT2D eigenvalue weighted by Gasteiger charge is 2.40. The van der Waals surface area contributed by atoms with Crippen LogP contribution in [0.3, 0.4) is 0 Å². The third kappa shape index (κ3) is 2.93. The molecule has 2 bridgehead atoms. The summed E-state index contributed by atoms with van der Waals surface area (Å²) >= 11 is 0.704. The van der Waals surface area contributed by atoms with Crippen LogP contribution in [-0.2, 0) is 0 Å².